The zero-order chi connectivity index (χ0) is 23.7. The number of fused-ring (bicyclic) bond motifs is 1. The monoisotopic (exact) mass is 470 g/mol. The van der Waals surface area contributed by atoms with Crippen molar-refractivity contribution in [3.05, 3.63) is 91.8 Å². The van der Waals surface area contributed by atoms with E-state index in [9.17, 15) is 14.0 Å². The van der Waals surface area contributed by atoms with Gasteiger partial charge < -0.3 is 14.2 Å². The number of benzene rings is 3. The summed E-state index contributed by atoms with van der Waals surface area (Å²) >= 11 is 6.21. The van der Waals surface area contributed by atoms with E-state index in [1.807, 2.05) is 0 Å². The summed E-state index contributed by atoms with van der Waals surface area (Å²) in [6.07, 6.45) is 0. The van der Waals surface area contributed by atoms with Gasteiger partial charge in [0.25, 0.3) is 5.56 Å². The molecule has 1 heterocycles. The Morgan fingerprint density at radius 3 is 2.18 bits per heavy atom. The molecule has 0 amide bonds. The minimum absolute atomic E-state index is 0.0309. The third kappa shape index (κ3) is 3.93. The molecule has 0 unspecified atom stereocenters. The fraction of sp³-hybridized carbons (Fsp3) is 0.167. The lowest BCUT2D eigenvalue weighted by Gasteiger charge is -2.17. The molecule has 0 aliphatic heterocycles. The normalized spacial score (nSPS) is 10.9. The molecule has 0 spiro atoms. The average Bonchev–Trinajstić information content (AvgIpc) is 2.82. The van der Waals surface area contributed by atoms with Gasteiger partial charge in [0.2, 0.25) is 5.75 Å². The minimum atomic E-state index is -0.603. The van der Waals surface area contributed by atoms with Gasteiger partial charge in [0.15, 0.2) is 11.5 Å². The summed E-state index contributed by atoms with van der Waals surface area (Å²) in [5.41, 5.74) is 0.0842. The second kappa shape index (κ2) is 8.99. The molecule has 0 aliphatic carbocycles. The van der Waals surface area contributed by atoms with Gasteiger partial charge in [-0.3, -0.25) is 9.36 Å². The van der Waals surface area contributed by atoms with Crippen LogP contribution in [0, 0.1) is 5.82 Å². The number of nitrogens with zero attached hydrogens (tertiary/aromatic N) is 2. The van der Waals surface area contributed by atoms with Crippen LogP contribution in [-0.4, -0.2) is 30.5 Å². The van der Waals surface area contributed by atoms with E-state index < -0.39 is 17.1 Å². The van der Waals surface area contributed by atoms with Crippen LogP contribution in [0.2, 0.25) is 5.02 Å². The predicted octanol–water partition coefficient (Wildman–Crippen LogP) is 4.02. The molecule has 33 heavy (non-hydrogen) atoms. The van der Waals surface area contributed by atoms with Crippen LogP contribution in [0.5, 0.6) is 17.2 Å². The summed E-state index contributed by atoms with van der Waals surface area (Å²) in [6, 6.07) is 13.7. The molecule has 4 rings (SSSR count). The summed E-state index contributed by atoms with van der Waals surface area (Å²) in [4.78, 5) is 27.0. The Morgan fingerprint density at radius 2 is 1.58 bits per heavy atom. The first-order valence-electron chi connectivity index (χ1n) is 9.88. The number of methoxy groups -OCH3 is 3. The van der Waals surface area contributed by atoms with Crippen molar-refractivity contribution in [3.63, 3.8) is 0 Å². The smallest absolute Gasteiger partial charge is 0.336 e. The third-order valence-corrected chi connectivity index (χ3v) is 5.65. The summed E-state index contributed by atoms with van der Waals surface area (Å²) in [5.74, 6) is 0.429. The van der Waals surface area contributed by atoms with E-state index in [1.165, 1.54) is 56.2 Å². The largest absolute Gasteiger partial charge is 0.493 e. The lowest BCUT2D eigenvalue weighted by Crippen LogP contribution is -2.39. The molecule has 9 heteroatoms. The fourth-order valence-electron chi connectivity index (χ4n) is 3.72. The SMILES string of the molecule is COc1cc(-n2c(=O)c3ccccc3n(Cc3ccc(F)cc3Cl)c2=O)cc(OC)c1OC. The van der Waals surface area contributed by atoms with Crippen LogP contribution in [0.25, 0.3) is 16.6 Å². The van der Waals surface area contributed by atoms with Crippen LogP contribution in [0.1, 0.15) is 5.56 Å². The Bertz CT molecular complexity index is 1450. The maximum Gasteiger partial charge on any atom is 0.336 e. The molecule has 0 N–H and O–H groups in total. The van der Waals surface area contributed by atoms with Crippen molar-refractivity contribution in [2.75, 3.05) is 21.3 Å². The first-order chi connectivity index (χ1) is 15.9. The van der Waals surface area contributed by atoms with Crippen LogP contribution < -0.4 is 25.5 Å². The summed E-state index contributed by atoms with van der Waals surface area (Å²) in [7, 11) is 4.35. The Hall–Kier alpha value is -3.78. The molecule has 170 valence electrons. The fourth-order valence-corrected chi connectivity index (χ4v) is 3.95. The number of para-hydroxylation sites is 1. The van der Waals surface area contributed by atoms with E-state index in [1.54, 1.807) is 24.3 Å². The lowest BCUT2D eigenvalue weighted by atomic mass is 10.2. The molecule has 1 aromatic heterocycles. The van der Waals surface area contributed by atoms with Crippen molar-refractivity contribution in [2.45, 2.75) is 6.54 Å². The molecule has 0 aliphatic rings. The number of rotatable bonds is 6. The highest BCUT2D eigenvalue weighted by Gasteiger charge is 2.20. The molecule has 0 saturated carbocycles. The minimum Gasteiger partial charge on any atom is -0.493 e. The third-order valence-electron chi connectivity index (χ3n) is 5.30. The van der Waals surface area contributed by atoms with E-state index in [0.29, 0.717) is 33.7 Å². The molecule has 0 saturated heterocycles. The quantitative estimate of drug-likeness (QED) is 0.425. The maximum absolute atomic E-state index is 13.6. The van der Waals surface area contributed by atoms with Crippen molar-refractivity contribution in [1.82, 2.24) is 9.13 Å². The Morgan fingerprint density at radius 1 is 0.909 bits per heavy atom. The van der Waals surface area contributed by atoms with Gasteiger partial charge in [0, 0.05) is 17.2 Å². The molecular weight excluding hydrogens is 451 g/mol. The van der Waals surface area contributed by atoms with Gasteiger partial charge in [-0.25, -0.2) is 13.8 Å². The number of ether oxygens (including phenoxy) is 3. The maximum atomic E-state index is 13.6. The van der Waals surface area contributed by atoms with E-state index in [4.69, 9.17) is 25.8 Å². The first-order valence-corrected chi connectivity index (χ1v) is 10.3. The Labute approximate surface area is 193 Å². The van der Waals surface area contributed by atoms with Crippen molar-refractivity contribution in [2.24, 2.45) is 0 Å². The van der Waals surface area contributed by atoms with Crippen LogP contribution in [0.4, 0.5) is 4.39 Å². The highest BCUT2D eigenvalue weighted by atomic mass is 35.5. The zero-order valence-electron chi connectivity index (χ0n) is 18.1. The standard InChI is InChI=1S/C24H20ClFN2O5/c1-31-20-11-16(12-21(32-2)22(20)33-3)28-23(29)17-6-4-5-7-19(17)27(24(28)30)13-14-8-9-15(26)10-18(14)25/h4-12H,13H2,1-3H3. The number of aromatic nitrogens is 2. The molecule has 4 aromatic rings. The van der Waals surface area contributed by atoms with Crippen molar-refractivity contribution < 1.29 is 18.6 Å². The second-order valence-electron chi connectivity index (χ2n) is 7.15. The van der Waals surface area contributed by atoms with Gasteiger partial charge in [-0.15, -0.1) is 0 Å². The number of halogens is 2. The van der Waals surface area contributed by atoms with Crippen LogP contribution >= 0.6 is 11.6 Å². The molecule has 3 aromatic carbocycles. The molecule has 0 fully saturated rings. The second-order valence-corrected chi connectivity index (χ2v) is 7.55. The number of hydrogen-bond donors (Lipinski definition) is 0. The van der Waals surface area contributed by atoms with Crippen LogP contribution in [0.3, 0.4) is 0 Å². The van der Waals surface area contributed by atoms with Gasteiger partial charge >= 0.3 is 5.69 Å². The topological polar surface area (TPSA) is 71.7 Å². The van der Waals surface area contributed by atoms with Crippen LogP contribution in [-0.2, 0) is 6.54 Å². The summed E-state index contributed by atoms with van der Waals surface area (Å²) in [5, 5.41) is 0.501. The van der Waals surface area contributed by atoms with Gasteiger partial charge in [0.1, 0.15) is 5.82 Å². The molecule has 7 nitrogen and oxygen atoms in total. The summed E-state index contributed by atoms with van der Waals surface area (Å²) in [6.45, 7) is 0.0309. The predicted molar refractivity (Wildman–Crippen MR) is 124 cm³/mol. The van der Waals surface area contributed by atoms with E-state index >= 15 is 0 Å². The Kier molecular flexibility index (Phi) is 6.11. The zero-order valence-corrected chi connectivity index (χ0v) is 18.9. The van der Waals surface area contributed by atoms with Gasteiger partial charge in [0.05, 0.1) is 44.5 Å². The highest BCUT2D eigenvalue weighted by Crippen LogP contribution is 2.38. The summed E-state index contributed by atoms with van der Waals surface area (Å²) < 4.78 is 32.1. The van der Waals surface area contributed by atoms with E-state index in [0.717, 1.165) is 4.57 Å². The van der Waals surface area contributed by atoms with Gasteiger partial charge in [-0.2, -0.15) is 0 Å². The molecule has 0 bridgehead atoms. The van der Waals surface area contributed by atoms with Crippen molar-refractivity contribution >= 4 is 22.5 Å². The number of hydrogen-bond acceptors (Lipinski definition) is 5. The van der Waals surface area contributed by atoms with Gasteiger partial charge in [-0.05, 0) is 29.8 Å². The molecule has 0 atom stereocenters. The Balaban J connectivity index is 2.03. The average molecular weight is 471 g/mol. The lowest BCUT2D eigenvalue weighted by molar-refractivity contribution is 0.324. The van der Waals surface area contributed by atoms with Crippen molar-refractivity contribution in [3.8, 4) is 22.9 Å². The molecular formula is C24H20ClFN2O5. The highest BCUT2D eigenvalue weighted by molar-refractivity contribution is 6.31. The van der Waals surface area contributed by atoms with E-state index in [-0.39, 0.29) is 17.3 Å². The molecule has 0 radical (unpaired) electrons. The van der Waals surface area contributed by atoms with Crippen molar-refractivity contribution in [1.29, 1.82) is 0 Å². The van der Waals surface area contributed by atoms with Crippen LogP contribution in [0.15, 0.2) is 64.2 Å². The van der Waals surface area contributed by atoms with Gasteiger partial charge in [-0.1, -0.05) is 29.8 Å². The first kappa shape index (κ1) is 22.4. The van der Waals surface area contributed by atoms with E-state index in [2.05, 4.69) is 0 Å².